The van der Waals surface area contributed by atoms with Crippen molar-refractivity contribution in [3.05, 3.63) is 47.5 Å². The summed E-state index contributed by atoms with van der Waals surface area (Å²) in [4.78, 5) is 11.4. The Hall–Kier alpha value is -1.19. The number of carbonyl (C=O) groups is 1. The number of hydrogen-bond acceptors (Lipinski definition) is 2. The highest BCUT2D eigenvalue weighted by Gasteiger charge is 2.36. The van der Waals surface area contributed by atoms with Gasteiger partial charge in [-0.05, 0) is 56.3 Å². The van der Waals surface area contributed by atoms with Gasteiger partial charge in [0.05, 0.1) is 6.61 Å². The van der Waals surface area contributed by atoms with E-state index in [1.165, 1.54) is 11.1 Å². The van der Waals surface area contributed by atoms with Gasteiger partial charge in [0, 0.05) is 5.92 Å². The van der Waals surface area contributed by atoms with Gasteiger partial charge in [0.15, 0.2) is 8.32 Å². The molecule has 0 spiro atoms. The van der Waals surface area contributed by atoms with E-state index in [1.54, 1.807) is 0 Å². The number of allylic oxidation sites excluding steroid dienone is 1. The normalized spacial score (nSPS) is 14.4. The standard InChI is InChI=1S/C22H36O2Si/c1-19(18-24-25(5,6)22(2,3)4)15-16-21(17-23)14-10-13-20-11-8-7-9-12-20/h7-9,11-12,15,17,21H,10,13-14,16,18H2,1-6H3/b19-15+/t21-/m0/s1. The molecule has 1 aromatic rings. The summed E-state index contributed by atoms with van der Waals surface area (Å²) in [6.45, 7) is 14.1. The van der Waals surface area contributed by atoms with Crippen LogP contribution in [0.2, 0.25) is 18.1 Å². The molecule has 0 fully saturated rings. The van der Waals surface area contributed by atoms with Crippen molar-refractivity contribution in [2.75, 3.05) is 6.61 Å². The molecule has 0 unspecified atom stereocenters. The second-order valence-electron chi connectivity index (χ2n) is 8.61. The van der Waals surface area contributed by atoms with E-state index in [9.17, 15) is 4.79 Å². The van der Waals surface area contributed by atoms with Crippen LogP contribution in [0.3, 0.4) is 0 Å². The smallest absolute Gasteiger partial charge is 0.192 e. The fourth-order valence-electron chi connectivity index (χ4n) is 2.38. The van der Waals surface area contributed by atoms with Gasteiger partial charge in [0.2, 0.25) is 0 Å². The summed E-state index contributed by atoms with van der Waals surface area (Å²) in [5.74, 6) is 0.117. The zero-order valence-electron chi connectivity index (χ0n) is 17.0. The van der Waals surface area contributed by atoms with Crippen molar-refractivity contribution in [2.24, 2.45) is 5.92 Å². The van der Waals surface area contributed by atoms with Crippen molar-refractivity contribution in [3.8, 4) is 0 Å². The molecule has 1 atom stereocenters. The predicted octanol–water partition coefficient (Wildman–Crippen LogP) is 6.18. The monoisotopic (exact) mass is 360 g/mol. The summed E-state index contributed by atoms with van der Waals surface area (Å²) in [7, 11) is -1.70. The van der Waals surface area contributed by atoms with Gasteiger partial charge >= 0.3 is 0 Å². The van der Waals surface area contributed by atoms with Crippen molar-refractivity contribution in [1.29, 1.82) is 0 Å². The van der Waals surface area contributed by atoms with Crippen LogP contribution in [0, 0.1) is 5.92 Å². The third-order valence-electron chi connectivity index (χ3n) is 5.31. The Bertz CT molecular complexity index is 541. The number of aryl methyl sites for hydroxylation is 1. The first kappa shape index (κ1) is 21.8. The molecule has 0 aliphatic heterocycles. The molecule has 25 heavy (non-hydrogen) atoms. The highest BCUT2D eigenvalue weighted by atomic mass is 28.4. The largest absolute Gasteiger partial charge is 0.413 e. The number of rotatable bonds is 10. The topological polar surface area (TPSA) is 26.3 Å². The number of hydrogen-bond donors (Lipinski definition) is 0. The first-order chi connectivity index (χ1) is 11.7. The molecule has 0 amide bonds. The minimum Gasteiger partial charge on any atom is -0.413 e. The third kappa shape index (κ3) is 8.15. The number of aldehydes is 1. The minimum atomic E-state index is -1.70. The maximum absolute atomic E-state index is 11.4. The summed E-state index contributed by atoms with van der Waals surface area (Å²) in [6, 6.07) is 10.5. The van der Waals surface area contributed by atoms with Crippen molar-refractivity contribution in [3.63, 3.8) is 0 Å². The van der Waals surface area contributed by atoms with E-state index in [0.29, 0.717) is 6.61 Å². The average molecular weight is 361 g/mol. The molecular formula is C22H36O2Si. The quantitative estimate of drug-likeness (QED) is 0.283. The van der Waals surface area contributed by atoms with Gasteiger partial charge in [0.1, 0.15) is 6.29 Å². The minimum absolute atomic E-state index is 0.117. The van der Waals surface area contributed by atoms with Gasteiger partial charge in [-0.1, -0.05) is 62.8 Å². The fraction of sp³-hybridized carbons (Fsp3) is 0.591. The van der Waals surface area contributed by atoms with Crippen LogP contribution in [-0.2, 0) is 15.6 Å². The van der Waals surface area contributed by atoms with E-state index < -0.39 is 8.32 Å². The zero-order chi connectivity index (χ0) is 18.9. The first-order valence-corrected chi connectivity index (χ1v) is 12.4. The zero-order valence-corrected chi connectivity index (χ0v) is 18.0. The van der Waals surface area contributed by atoms with Crippen LogP contribution in [0.5, 0.6) is 0 Å². The molecule has 0 radical (unpaired) electrons. The van der Waals surface area contributed by atoms with Gasteiger partial charge in [0.25, 0.3) is 0 Å². The fourth-order valence-corrected chi connectivity index (χ4v) is 3.40. The molecule has 0 saturated heterocycles. The first-order valence-electron chi connectivity index (χ1n) is 9.44. The Labute approximate surface area is 155 Å². The highest BCUT2D eigenvalue weighted by molar-refractivity contribution is 6.74. The lowest BCUT2D eigenvalue weighted by atomic mass is 9.97. The van der Waals surface area contributed by atoms with Gasteiger partial charge in [-0.15, -0.1) is 0 Å². The number of benzene rings is 1. The molecule has 2 nitrogen and oxygen atoms in total. The van der Waals surface area contributed by atoms with E-state index in [-0.39, 0.29) is 11.0 Å². The van der Waals surface area contributed by atoms with Crippen LogP contribution >= 0.6 is 0 Å². The van der Waals surface area contributed by atoms with E-state index in [2.05, 4.69) is 71.1 Å². The number of carbonyl (C=O) groups excluding carboxylic acids is 1. The molecule has 0 N–H and O–H groups in total. The molecule has 140 valence electrons. The summed E-state index contributed by atoms with van der Waals surface area (Å²) in [5, 5.41) is 0.232. The van der Waals surface area contributed by atoms with Crippen molar-refractivity contribution < 1.29 is 9.22 Å². The Morgan fingerprint density at radius 3 is 2.40 bits per heavy atom. The Morgan fingerprint density at radius 2 is 1.84 bits per heavy atom. The van der Waals surface area contributed by atoms with Crippen molar-refractivity contribution >= 4 is 14.6 Å². The van der Waals surface area contributed by atoms with Gasteiger partial charge < -0.3 is 9.22 Å². The molecule has 0 aromatic heterocycles. The molecule has 1 rings (SSSR count). The van der Waals surface area contributed by atoms with E-state index in [4.69, 9.17) is 4.43 Å². The molecular weight excluding hydrogens is 324 g/mol. The van der Waals surface area contributed by atoms with Crippen LogP contribution in [0.15, 0.2) is 42.0 Å². The SMILES string of the molecule is C/C(=C\C[C@@H](C=O)CCCc1ccccc1)CO[Si](C)(C)C(C)(C)C. The third-order valence-corrected chi connectivity index (χ3v) is 9.79. The Morgan fingerprint density at radius 1 is 1.20 bits per heavy atom. The Balaban J connectivity index is 2.39. The van der Waals surface area contributed by atoms with Crippen LogP contribution in [-0.4, -0.2) is 21.2 Å². The summed E-state index contributed by atoms with van der Waals surface area (Å²) < 4.78 is 6.24. The van der Waals surface area contributed by atoms with Gasteiger partial charge in [-0.3, -0.25) is 0 Å². The molecule has 3 heteroatoms. The molecule has 0 heterocycles. The summed E-state index contributed by atoms with van der Waals surface area (Å²) in [5.41, 5.74) is 2.58. The highest BCUT2D eigenvalue weighted by Crippen LogP contribution is 2.36. The lowest BCUT2D eigenvalue weighted by molar-refractivity contribution is -0.111. The van der Waals surface area contributed by atoms with Gasteiger partial charge in [-0.2, -0.15) is 0 Å². The van der Waals surface area contributed by atoms with Crippen LogP contribution < -0.4 is 0 Å². The average Bonchev–Trinajstić information content (AvgIpc) is 2.56. The van der Waals surface area contributed by atoms with E-state index in [1.807, 2.05) is 6.07 Å². The van der Waals surface area contributed by atoms with Gasteiger partial charge in [-0.25, -0.2) is 0 Å². The van der Waals surface area contributed by atoms with Crippen molar-refractivity contribution in [2.45, 2.75) is 71.5 Å². The lowest BCUT2D eigenvalue weighted by Gasteiger charge is -2.36. The lowest BCUT2D eigenvalue weighted by Crippen LogP contribution is -2.41. The van der Waals surface area contributed by atoms with Crippen LogP contribution in [0.1, 0.15) is 52.5 Å². The van der Waals surface area contributed by atoms with Crippen molar-refractivity contribution in [1.82, 2.24) is 0 Å². The van der Waals surface area contributed by atoms with Crippen LogP contribution in [0.4, 0.5) is 0 Å². The molecule has 0 saturated carbocycles. The second-order valence-corrected chi connectivity index (χ2v) is 13.4. The second kappa shape index (κ2) is 10.1. The summed E-state index contributed by atoms with van der Waals surface area (Å²) in [6.07, 6.45) is 7.18. The Kier molecular flexibility index (Phi) is 8.81. The molecule has 0 aliphatic carbocycles. The maximum Gasteiger partial charge on any atom is 0.192 e. The molecule has 1 aromatic carbocycles. The maximum atomic E-state index is 11.4. The molecule has 0 aliphatic rings. The molecule has 0 bridgehead atoms. The predicted molar refractivity (Wildman–Crippen MR) is 110 cm³/mol. The van der Waals surface area contributed by atoms with E-state index >= 15 is 0 Å². The van der Waals surface area contributed by atoms with Crippen LogP contribution in [0.25, 0.3) is 0 Å². The van der Waals surface area contributed by atoms with E-state index in [0.717, 1.165) is 32.0 Å². The summed E-state index contributed by atoms with van der Waals surface area (Å²) >= 11 is 0.